The number of benzene rings is 2. The number of rotatable bonds is 6. The van der Waals surface area contributed by atoms with E-state index in [0.717, 1.165) is 36.9 Å². The van der Waals surface area contributed by atoms with Crippen molar-refractivity contribution in [3.05, 3.63) is 76.6 Å². The van der Waals surface area contributed by atoms with Crippen molar-refractivity contribution in [2.75, 3.05) is 13.1 Å². The highest BCUT2D eigenvalue weighted by Crippen LogP contribution is 2.30. The van der Waals surface area contributed by atoms with Gasteiger partial charge in [-0.3, -0.25) is 4.90 Å². The minimum atomic E-state index is 0.0699. The van der Waals surface area contributed by atoms with Gasteiger partial charge in [0.2, 0.25) is 0 Å². The van der Waals surface area contributed by atoms with Crippen LogP contribution in [-0.4, -0.2) is 38.2 Å². The van der Waals surface area contributed by atoms with Crippen molar-refractivity contribution in [2.24, 2.45) is 0 Å². The Hall–Kier alpha value is -2.24. The van der Waals surface area contributed by atoms with Crippen molar-refractivity contribution in [1.82, 2.24) is 25.1 Å². The molecule has 1 aliphatic rings. The molecule has 1 aromatic heterocycles. The molecule has 3 aromatic rings. The lowest BCUT2D eigenvalue weighted by molar-refractivity contribution is 0.263. The van der Waals surface area contributed by atoms with E-state index in [9.17, 15) is 0 Å². The maximum Gasteiger partial charge on any atom is 0.173 e. The summed E-state index contributed by atoms with van der Waals surface area (Å²) in [6.07, 6.45) is 3.34. The van der Waals surface area contributed by atoms with Crippen molar-refractivity contribution in [3.63, 3.8) is 0 Å². The molecule has 1 fully saturated rings. The second kappa shape index (κ2) is 7.98. The van der Waals surface area contributed by atoms with E-state index in [-0.39, 0.29) is 6.04 Å². The minimum Gasteiger partial charge on any atom is -0.290 e. The third-order valence-electron chi connectivity index (χ3n) is 4.95. The number of halogens is 1. The molecule has 0 N–H and O–H groups in total. The first-order chi connectivity index (χ1) is 12.8. The third kappa shape index (κ3) is 3.79. The highest BCUT2D eigenvalue weighted by molar-refractivity contribution is 6.30. The molecule has 0 aliphatic carbocycles. The lowest BCUT2D eigenvalue weighted by atomic mass is 10.0. The van der Waals surface area contributed by atoms with Crippen LogP contribution in [0, 0.1) is 0 Å². The van der Waals surface area contributed by atoms with Gasteiger partial charge in [-0.25, -0.2) is 4.68 Å². The summed E-state index contributed by atoms with van der Waals surface area (Å²) < 4.78 is 1.95. The molecule has 6 heteroatoms. The summed E-state index contributed by atoms with van der Waals surface area (Å²) in [6, 6.07) is 18.6. The van der Waals surface area contributed by atoms with Crippen LogP contribution in [0.1, 0.15) is 35.8 Å². The second-order valence-corrected chi connectivity index (χ2v) is 7.13. The van der Waals surface area contributed by atoms with E-state index in [1.54, 1.807) is 0 Å². The number of nitrogens with zero attached hydrogens (tertiary/aromatic N) is 5. The Bertz CT molecular complexity index is 825. The molecular weight excluding hydrogens is 346 g/mol. The molecule has 5 nitrogen and oxygen atoms in total. The Balaban J connectivity index is 1.61. The molecule has 0 bridgehead atoms. The zero-order chi connectivity index (χ0) is 17.8. The van der Waals surface area contributed by atoms with Gasteiger partial charge in [0, 0.05) is 11.6 Å². The van der Waals surface area contributed by atoms with Gasteiger partial charge < -0.3 is 0 Å². The van der Waals surface area contributed by atoms with E-state index in [1.807, 2.05) is 22.9 Å². The lowest BCUT2D eigenvalue weighted by Crippen LogP contribution is -2.29. The average molecular weight is 368 g/mol. The van der Waals surface area contributed by atoms with Crippen molar-refractivity contribution in [2.45, 2.75) is 31.8 Å². The van der Waals surface area contributed by atoms with Crippen LogP contribution in [0.4, 0.5) is 0 Å². The Kier molecular flexibility index (Phi) is 5.27. The maximum absolute atomic E-state index is 6.09. The van der Waals surface area contributed by atoms with E-state index in [0.29, 0.717) is 0 Å². The number of hydrogen-bond acceptors (Lipinski definition) is 4. The first kappa shape index (κ1) is 17.2. The molecular formula is C20H22ClN5. The van der Waals surface area contributed by atoms with Crippen LogP contribution in [0.5, 0.6) is 0 Å². The van der Waals surface area contributed by atoms with Gasteiger partial charge in [0.15, 0.2) is 5.82 Å². The number of likely N-dealkylation sites (tertiary alicyclic amines) is 1. The summed E-state index contributed by atoms with van der Waals surface area (Å²) in [4.78, 5) is 2.47. The van der Waals surface area contributed by atoms with Crippen LogP contribution in [0.15, 0.2) is 54.6 Å². The third-order valence-corrected chi connectivity index (χ3v) is 5.20. The second-order valence-electron chi connectivity index (χ2n) is 6.69. The van der Waals surface area contributed by atoms with Gasteiger partial charge >= 0.3 is 0 Å². The van der Waals surface area contributed by atoms with Crippen molar-refractivity contribution in [1.29, 1.82) is 0 Å². The van der Waals surface area contributed by atoms with E-state index < -0.39 is 0 Å². The Morgan fingerprint density at radius 2 is 1.69 bits per heavy atom. The van der Waals surface area contributed by atoms with Crippen molar-refractivity contribution in [3.8, 4) is 0 Å². The fourth-order valence-electron chi connectivity index (χ4n) is 3.61. The zero-order valence-corrected chi connectivity index (χ0v) is 15.4. The van der Waals surface area contributed by atoms with Gasteiger partial charge in [0.25, 0.3) is 0 Å². The van der Waals surface area contributed by atoms with E-state index in [2.05, 4.69) is 56.8 Å². The van der Waals surface area contributed by atoms with Gasteiger partial charge in [0.1, 0.15) is 0 Å². The van der Waals surface area contributed by atoms with Crippen LogP contribution in [0.25, 0.3) is 0 Å². The molecule has 1 unspecified atom stereocenters. The van der Waals surface area contributed by atoms with Crippen LogP contribution in [-0.2, 0) is 13.0 Å². The summed E-state index contributed by atoms with van der Waals surface area (Å²) in [5.41, 5.74) is 2.48. The fraction of sp³-hybridized carbons (Fsp3) is 0.350. The SMILES string of the molecule is Clc1ccc(C(c2nnnn2CCc2ccccc2)N2CCCC2)cc1. The highest BCUT2D eigenvalue weighted by Gasteiger charge is 2.29. The van der Waals surface area contributed by atoms with Crippen LogP contribution < -0.4 is 0 Å². The first-order valence-corrected chi connectivity index (χ1v) is 9.48. The molecule has 1 atom stereocenters. The van der Waals surface area contributed by atoms with Gasteiger partial charge in [-0.05, 0) is 66.0 Å². The van der Waals surface area contributed by atoms with E-state index >= 15 is 0 Å². The molecule has 4 rings (SSSR count). The molecule has 26 heavy (non-hydrogen) atoms. The van der Waals surface area contributed by atoms with Crippen LogP contribution >= 0.6 is 11.6 Å². The lowest BCUT2D eigenvalue weighted by Gasteiger charge is -2.27. The summed E-state index contributed by atoms with van der Waals surface area (Å²) in [5.74, 6) is 0.908. The molecule has 134 valence electrons. The normalized spacial score (nSPS) is 16.0. The van der Waals surface area contributed by atoms with Gasteiger partial charge in [-0.1, -0.05) is 54.1 Å². The predicted octanol–water partition coefficient (Wildman–Crippen LogP) is 3.75. The monoisotopic (exact) mass is 367 g/mol. The predicted molar refractivity (Wildman–Crippen MR) is 102 cm³/mol. The van der Waals surface area contributed by atoms with Crippen LogP contribution in [0.2, 0.25) is 5.02 Å². The van der Waals surface area contributed by atoms with Gasteiger partial charge in [-0.2, -0.15) is 0 Å². The quantitative estimate of drug-likeness (QED) is 0.665. The molecule has 0 radical (unpaired) electrons. The number of hydrogen-bond donors (Lipinski definition) is 0. The van der Waals surface area contributed by atoms with E-state index in [4.69, 9.17) is 11.6 Å². The number of aromatic nitrogens is 4. The molecule has 0 amide bonds. The molecule has 1 saturated heterocycles. The fourth-order valence-corrected chi connectivity index (χ4v) is 3.74. The highest BCUT2D eigenvalue weighted by atomic mass is 35.5. The number of tetrazole rings is 1. The van der Waals surface area contributed by atoms with Gasteiger partial charge in [-0.15, -0.1) is 5.10 Å². The standard InChI is InChI=1S/C20H22ClN5/c21-18-10-8-17(9-11-18)19(25-13-4-5-14-25)20-22-23-24-26(20)15-12-16-6-2-1-3-7-16/h1-3,6-11,19H,4-5,12-15H2. The Morgan fingerprint density at radius 3 is 2.42 bits per heavy atom. The van der Waals surface area contributed by atoms with Gasteiger partial charge in [0.05, 0.1) is 6.04 Å². The molecule has 2 aromatic carbocycles. The smallest absolute Gasteiger partial charge is 0.173 e. The van der Waals surface area contributed by atoms with Crippen molar-refractivity contribution >= 4 is 11.6 Å². The average Bonchev–Trinajstić information content (AvgIpc) is 3.36. The largest absolute Gasteiger partial charge is 0.290 e. The molecule has 2 heterocycles. The zero-order valence-electron chi connectivity index (χ0n) is 14.6. The summed E-state index contributed by atoms with van der Waals surface area (Å²) in [6.45, 7) is 2.90. The summed E-state index contributed by atoms with van der Waals surface area (Å²) in [5, 5.41) is 13.4. The number of aryl methyl sites for hydroxylation is 2. The van der Waals surface area contributed by atoms with Crippen molar-refractivity contribution < 1.29 is 0 Å². The van der Waals surface area contributed by atoms with Crippen LogP contribution in [0.3, 0.4) is 0 Å². The summed E-state index contributed by atoms with van der Waals surface area (Å²) in [7, 11) is 0. The molecule has 0 saturated carbocycles. The molecule has 0 spiro atoms. The topological polar surface area (TPSA) is 46.8 Å². The van der Waals surface area contributed by atoms with E-state index in [1.165, 1.54) is 24.0 Å². The Labute approximate surface area is 158 Å². The maximum atomic E-state index is 6.09. The molecule has 1 aliphatic heterocycles. The Morgan fingerprint density at radius 1 is 0.962 bits per heavy atom. The first-order valence-electron chi connectivity index (χ1n) is 9.11. The minimum absolute atomic E-state index is 0.0699. The summed E-state index contributed by atoms with van der Waals surface area (Å²) >= 11 is 6.09.